The summed E-state index contributed by atoms with van der Waals surface area (Å²) in [6.07, 6.45) is 2.37. The molecule has 1 aromatic heterocycles. The van der Waals surface area contributed by atoms with Gasteiger partial charge in [0, 0.05) is 32.9 Å². The lowest BCUT2D eigenvalue weighted by molar-refractivity contribution is 0.332. The van der Waals surface area contributed by atoms with Crippen LogP contribution in [0.2, 0.25) is 0 Å². The van der Waals surface area contributed by atoms with Crippen molar-refractivity contribution in [1.29, 1.82) is 0 Å². The van der Waals surface area contributed by atoms with Gasteiger partial charge >= 0.3 is 0 Å². The lowest BCUT2D eigenvalue weighted by atomic mass is 9.58. The van der Waals surface area contributed by atoms with Crippen LogP contribution >= 0.6 is 11.3 Å². The van der Waals surface area contributed by atoms with Gasteiger partial charge in [0.05, 0.1) is 10.7 Å². The van der Waals surface area contributed by atoms with E-state index in [2.05, 4.69) is 229 Å². The summed E-state index contributed by atoms with van der Waals surface area (Å²) in [6, 6.07) is 63.8. The van der Waals surface area contributed by atoms with Gasteiger partial charge in [-0.05, 0) is 138 Å². The van der Waals surface area contributed by atoms with Crippen LogP contribution in [0.5, 0.6) is 0 Å². The smallest absolute Gasteiger partial charge is 0.200 e. The van der Waals surface area contributed by atoms with E-state index in [9.17, 15) is 0 Å². The quantitative estimate of drug-likeness (QED) is 0.168. The van der Waals surface area contributed by atoms with Crippen LogP contribution in [0.15, 0.2) is 170 Å². The van der Waals surface area contributed by atoms with Gasteiger partial charge < -0.3 is 10.2 Å². The zero-order valence-electron chi connectivity index (χ0n) is 38.1. The highest BCUT2D eigenvalue weighted by molar-refractivity contribution is 7.25. The molecule has 4 heteroatoms. The number of hydrogen-bond donors (Lipinski definition) is 1. The molecule has 0 atom stereocenters. The van der Waals surface area contributed by atoms with Gasteiger partial charge in [-0.25, -0.2) is 0 Å². The minimum atomic E-state index is -0.00661. The molecule has 2 heterocycles. The zero-order chi connectivity index (χ0) is 44.0. The first kappa shape index (κ1) is 40.4. The summed E-state index contributed by atoms with van der Waals surface area (Å²) in [5.74, 6) is 0. The largest absolute Gasteiger partial charge is 0.355 e. The van der Waals surface area contributed by atoms with Crippen LogP contribution in [0.25, 0.3) is 54.2 Å². The molecule has 0 spiro atoms. The third-order valence-corrected chi connectivity index (χ3v) is 15.5. The number of fused-ring (bicyclic) bond motifs is 6. The first-order valence-corrected chi connectivity index (χ1v) is 23.8. The fraction of sp³-hybridized carbons (Fsp3) is 0.200. The number of rotatable bonds is 6. The van der Waals surface area contributed by atoms with Crippen molar-refractivity contribution in [2.45, 2.75) is 77.6 Å². The monoisotopic (exact) mass is 846 g/mol. The molecule has 64 heavy (non-hydrogen) atoms. The Hall–Kier alpha value is -6.36. The molecule has 8 aromatic carbocycles. The van der Waals surface area contributed by atoms with E-state index in [1.165, 1.54) is 111 Å². The second kappa shape index (κ2) is 15.1. The topological polar surface area (TPSA) is 15.3 Å². The van der Waals surface area contributed by atoms with Gasteiger partial charge in [0.15, 0.2) is 0 Å². The lowest BCUT2D eigenvalue weighted by Gasteiger charge is -2.42. The summed E-state index contributed by atoms with van der Waals surface area (Å²) in [5, 5.41) is 9.22. The molecule has 0 saturated carbocycles. The summed E-state index contributed by atoms with van der Waals surface area (Å²) >= 11 is 1.92. The van der Waals surface area contributed by atoms with E-state index >= 15 is 0 Å². The molecule has 0 unspecified atom stereocenters. The second-order valence-corrected chi connectivity index (χ2v) is 21.5. The Bertz CT molecular complexity index is 3260. The summed E-state index contributed by atoms with van der Waals surface area (Å²) in [5.41, 5.74) is 19.3. The number of benzene rings is 8. The molecule has 2 aliphatic rings. The molecule has 314 valence electrons. The molecule has 1 N–H and O–H groups in total. The highest BCUT2D eigenvalue weighted by Gasteiger charge is 2.38. The van der Waals surface area contributed by atoms with Crippen LogP contribution in [0.4, 0.5) is 27.8 Å². The van der Waals surface area contributed by atoms with Crippen LogP contribution in [0.1, 0.15) is 78.0 Å². The van der Waals surface area contributed by atoms with E-state index in [0.717, 1.165) is 18.7 Å². The SMILES string of the molecule is CC(C)(C)c1ccc(N2c3cc4ccccc4c(-c4ccc(-c5ccccc5)cc4Nc4ccc5c(c4)C(C)(C)CCC5(C)C)c3Bc3c2sc2ccccc32)c(-c2ccccc2)c1. The molecule has 1 aliphatic heterocycles. The van der Waals surface area contributed by atoms with E-state index in [1.54, 1.807) is 0 Å². The van der Waals surface area contributed by atoms with Crippen molar-refractivity contribution in [3.63, 3.8) is 0 Å². The Morgan fingerprint density at radius 3 is 1.97 bits per heavy atom. The standard InChI is InChI=1S/C60H55BN2S/c1-58(2,3)42-27-31-51(47(36-42)39-20-12-9-13-21-39)63-52-35-41-22-14-15-23-44(41)54(56(52)61-55-46-24-16-17-25-53(46)64-57(55)63)45-29-26-40(38-18-10-8-11-19-38)34-50(45)62-43-28-30-48-49(37-43)60(6,7)33-32-59(48,4)5/h8-31,34-37,61-62H,32-33H2,1-7H3. The Balaban J connectivity index is 1.19. The van der Waals surface area contributed by atoms with Crippen LogP contribution in [0, 0.1) is 0 Å². The van der Waals surface area contributed by atoms with Gasteiger partial charge in [0.25, 0.3) is 0 Å². The maximum atomic E-state index is 4.09. The highest BCUT2D eigenvalue weighted by Crippen LogP contribution is 2.50. The predicted octanol–water partition coefficient (Wildman–Crippen LogP) is 15.6. The summed E-state index contributed by atoms with van der Waals surface area (Å²) in [4.78, 5) is 2.61. The average Bonchev–Trinajstić information content (AvgIpc) is 3.67. The molecule has 0 radical (unpaired) electrons. The van der Waals surface area contributed by atoms with Gasteiger partial charge in [-0.15, -0.1) is 11.3 Å². The van der Waals surface area contributed by atoms with E-state index in [-0.39, 0.29) is 16.2 Å². The van der Waals surface area contributed by atoms with E-state index in [4.69, 9.17) is 0 Å². The molecule has 1 aliphatic carbocycles. The number of thiophene rings is 1. The Kier molecular flexibility index (Phi) is 9.56. The minimum absolute atomic E-state index is 0.00661. The van der Waals surface area contributed by atoms with Gasteiger partial charge in [0.1, 0.15) is 0 Å². The second-order valence-electron chi connectivity index (χ2n) is 20.5. The Morgan fingerprint density at radius 1 is 0.547 bits per heavy atom. The maximum absolute atomic E-state index is 4.09. The molecule has 0 fully saturated rings. The lowest BCUT2D eigenvalue weighted by Crippen LogP contribution is -2.40. The van der Waals surface area contributed by atoms with Crippen molar-refractivity contribution < 1.29 is 0 Å². The minimum Gasteiger partial charge on any atom is -0.355 e. The van der Waals surface area contributed by atoms with Crippen molar-refractivity contribution in [3.05, 3.63) is 187 Å². The van der Waals surface area contributed by atoms with Gasteiger partial charge in [-0.2, -0.15) is 0 Å². The molecule has 0 bridgehead atoms. The van der Waals surface area contributed by atoms with Crippen molar-refractivity contribution in [2.24, 2.45) is 0 Å². The fourth-order valence-corrected chi connectivity index (χ4v) is 11.8. The normalized spacial score (nSPS) is 15.0. The van der Waals surface area contributed by atoms with Gasteiger partial charge in [0.2, 0.25) is 7.28 Å². The fourth-order valence-electron chi connectivity index (χ4n) is 10.6. The molecule has 11 rings (SSSR count). The Labute approximate surface area is 383 Å². The summed E-state index contributed by atoms with van der Waals surface area (Å²) in [7, 11) is 0.827. The molecule has 0 saturated heterocycles. The number of nitrogens with one attached hydrogen (secondary N) is 1. The molecule has 2 nitrogen and oxygen atoms in total. The molecule has 9 aromatic rings. The molecule has 0 amide bonds. The third-order valence-electron chi connectivity index (χ3n) is 14.3. The van der Waals surface area contributed by atoms with E-state index in [0.29, 0.717) is 0 Å². The summed E-state index contributed by atoms with van der Waals surface area (Å²) in [6.45, 7) is 16.6. The highest BCUT2D eigenvalue weighted by atomic mass is 32.1. The van der Waals surface area contributed by atoms with Crippen molar-refractivity contribution >= 4 is 78.2 Å². The van der Waals surface area contributed by atoms with Crippen LogP contribution in [0.3, 0.4) is 0 Å². The number of hydrogen-bond acceptors (Lipinski definition) is 3. The Morgan fingerprint density at radius 2 is 1.22 bits per heavy atom. The van der Waals surface area contributed by atoms with Crippen LogP contribution < -0.4 is 21.1 Å². The number of anilines is 5. The van der Waals surface area contributed by atoms with Gasteiger partial charge in [-0.3, -0.25) is 0 Å². The van der Waals surface area contributed by atoms with Crippen LogP contribution in [-0.2, 0) is 16.2 Å². The molecular formula is C60H55BN2S. The van der Waals surface area contributed by atoms with Crippen molar-refractivity contribution in [2.75, 3.05) is 10.2 Å². The molecular weight excluding hydrogens is 792 g/mol. The van der Waals surface area contributed by atoms with E-state index < -0.39 is 0 Å². The predicted molar refractivity (Wildman–Crippen MR) is 280 cm³/mol. The van der Waals surface area contributed by atoms with Crippen LogP contribution in [-0.4, -0.2) is 7.28 Å². The maximum Gasteiger partial charge on any atom is 0.200 e. The van der Waals surface area contributed by atoms with Crippen molar-refractivity contribution in [3.8, 4) is 33.4 Å². The number of nitrogens with zero attached hydrogens (tertiary/aromatic N) is 1. The van der Waals surface area contributed by atoms with Crippen molar-refractivity contribution in [1.82, 2.24) is 0 Å². The average molecular weight is 847 g/mol. The zero-order valence-corrected chi connectivity index (χ0v) is 39.0. The van der Waals surface area contributed by atoms with E-state index in [1.807, 2.05) is 11.3 Å². The third kappa shape index (κ3) is 6.86. The summed E-state index contributed by atoms with van der Waals surface area (Å²) < 4.78 is 1.32. The van der Waals surface area contributed by atoms with Gasteiger partial charge in [-0.1, -0.05) is 176 Å². The first-order valence-electron chi connectivity index (χ1n) is 23.0. The first-order chi connectivity index (χ1) is 30.8.